The van der Waals surface area contributed by atoms with Gasteiger partial charge in [0.25, 0.3) is 10.0 Å². The molecular formula is C20H19FN2O5S. The fraction of sp³-hybridized carbons (Fsp3) is 0.250. The van der Waals surface area contributed by atoms with E-state index in [1.165, 1.54) is 31.4 Å². The number of amides is 1. The van der Waals surface area contributed by atoms with Crippen LogP contribution in [0.1, 0.15) is 22.5 Å². The number of sulfonamides is 1. The molecule has 0 aliphatic carbocycles. The van der Waals surface area contributed by atoms with Gasteiger partial charge in [0, 0.05) is 30.9 Å². The van der Waals surface area contributed by atoms with Gasteiger partial charge in [-0.15, -0.1) is 0 Å². The number of carbonyl (C=O) groups is 1. The van der Waals surface area contributed by atoms with Crippen LogP contribution in [-0.2, 0) is 10.0 Å². The van der Waals surface area contributed by atoms with Crippen molar-refractivity contribution < 1.29 is 26.8 Å². The molecule has 0 bridgehead atoms. The third-order valence-corrected chi connectivity index (χ3v) is 6.20. The summed E-state index contributed by atoms with van der Waals surface area (Å²) in [6.07, 6.45) is 1.03. The lowest BCUT2D eigenvalue weighted by atomic mass is 10.1. The van der Waals surface area contributed by atoms with Crippen molar-refractivity contribution in [3.63, 3.8) is 0 Å². The van der Waals surface area contributed by atoms with Crippen molar-refractivity contribution in [1.29, 1.82) is 0 Å². The number of ether oxygens (including phenoxy) is 1. The molecule has 1 amide bonds. The number of methoxy groups -OCH3 is 1. The average molecular weight is 418 g/mol. The summed E-state index contributed by atoms with van der Waals surface area (Å²) in [7, 11) is -2.89. The lowest BCUT2D eigenvalue weighted by Gasteiger charge is -2.33. The Hall–Kier alpha value is -3.07. The number of hydrogen-bond acceptors (Lipinski definition) is 6. The van der Waals surface area contributed by atoms with E-state index in [9.17, 15) is 17.6 Å². The van der Waals surface area contributed by atoms with Crippen LogP contribution < -0.4 is 14.4 Å². The lowest BCUT2D eigenvalue weighted by molar-refractivity contribution is 0.0956. The van der Waals surface area contributed by atoms with Gasteiger partial charge in [0.1, 0.15) is 22.0 Å². The fourth-order valence-electron chi connectivity index (χ4n) is 3.17. The largest absolute Gasteiger partial charge is 0.495 e. The summed E-state index contributed by atoms with van der Waals surface area (Å²) in [4.78, 5) is 14.3. The van der Waals surface area contributed by atoms with E-state index in [4.69, 9.17) is 9.15 Å². The Morgan fingerprint density at radius 1 is 1.21 bits per heavy atom. The van der Waals surface area contributed by atoms with Gasteiger partial charge in [-0.05, 0) is 37.1 Å². The number of nitrogens with zero attached hydrogens (tertiary/aromatic N) is 1. The van der Waals surface area contributed by atoms with Crippen molar-refractivity contribution in [2.45, 2.75) is 18.2 Å². The Bertz CT molecular complexity index is 1220. The number of rotatable bonds is 5. The highest BCUT2D eigenvalue weighted by Crippen LogP contribution is 2.31. The van der Waals surface area contributed by atoms with E-state index in [1.807, 2.05) is 9.62 Å². The molecule has 1 aromatic heterocycles. The van der Waals surface area contributed by atoms with Crippen LogP contribution in [0.25, 0.3) is 11.0 Å². The van der Waals surface area contributed by atoms with Crippen LogP contribution >= 0.6 is 0 Å². The molecule has 29 heavy (non-hydrogen) atoms. The normalized spacial score (nSPS) is 14.0. The van der Waals surface area contributed by atoms with E-state index < -0.39 is 21.7 Å². The van der Waals surface area contributed by atoms with Gasteiger partial charge in [-0.2, -0.15) is 0 Å². The topological polar surface area (TPSA) is 88.8 Å². The molecule has 3 aromatic rings. The van der Waals surface area contributed by atoms with Crippen LogP contribution in [0.4, 0.5) is 10.1 Å². The van der Waals surface area contributed by atoms with Crippen molar-refractivity contribution in [2.24, 2.45) is 0 Å². The van der Waals surface area contributed by atoms with E-state index in [2.05, 4.69) is 0 Å². The Kier molecular flexibility index (Phi) is 4.70. The van der Waals surface area contributed by atoms with Gasteiger partial charge in [-0.1, -0.05) is 6.07 Å². The molecule has 2 aromatic carbocycles. The molecule has 1 fully saturated rings. The molecule has 1 aliphatic rings. The van der Waals surface area contributed by atoms with Crippen molar-refractivity contribution in [1.82, 2.24) is 4.72 Å². The minimum atomic E-state index is -4.22. The summed E-state index contributed by atoms with van der Waals surface area (Å²) < 4.78 is 52.3. The highest BCUT2D eigenvalue weighted by molar-refractivity contribution is 7.90. The van der Waals surface area contributed by atoms with Crippen LogP contribution in [0.5, 0.6) is 5.75 Å². The Morgan fingerprint density at radius 3 is 2.62 bits per heavy atom. The highest BCUT2D eigenvalue weighted by Gasteiger charge is 2.26. The minimum Gasteiger partial charge on any atom is -0.495 e. The molecule has 0 atom stereocenters. The summed E-state index contributed by atoms with van der Waals surface area (Å²) >= 11 is 0. The van der Waals surface area contributed by atoms with E-state index in [1.54, 1.807) is 19.1 Å². The molecule has 2 heterocycles. The van der Waals surface area contributed by atoms with Crippen LogP contribution in [0.2, 0.25) is 0 Å². The number of fused-ring (bicyclic) bond motifs is 1. The predicted octanol–water partition coefficient (Wildman–Crippen LogP) is 3.22. The Morgan fingerprint density at radius 2 is 1.97 bits per heavy atom. The summed E-state index contributed by atoms with van der Waals surface area (Å²) in [5.74, 6) is -1.72. The van der Waals surface area contributed by atoms with E-state index in [-0.39, 0.29) is 27.4 Å². The zero-order valence-corrected chi connectivity index (χ0v) is 16.7. The minimum absolute atomic E-state index is 0.103. The van der Waals surface area contributed by atoms with Crippen LogP contribution in [0.3, 0.4) is 0 Å². The highest BCUT2D eigenvalue weighted by atomic mass is 32.2. The fourth-order valence-corrected chi connectivity index (χ4v) is 4.38. The third kappa shape index (κ3) is 3.53. The predicted molar refractivity (Wildman–Crippen MR) is 105 cm³/mol. The Labute approximate surface area is 167 Å². The third-order valence-electron chi connectivity index (χ3n) is 4.85. The first-order valence-corrected chi connectivity index (χ1v) is 10.5. The number of carbonyl (C=O) groups excluding carboxylic acids is 1. The standard InChI is InChI=1S/C20H19FN2O5S/c1-12-4-5-16(27-2)19(8-12)29(25,26)22-20(24)18-11-14-15(21)9-13(10-17(14)28-18)23-6-3-7-23/h4-5,8-11H,3,6-7H2,1-2H3,(H,22,24). The van der Waals surface area contributed by atoms with Crippen LogP contribution in [0, 0.1) is 12.7 Å². The molecule has 1 N–H and O–H groups in total. The van der Waals surface area contributed by atoms with Crippen molar-refractivity contribution in [3.05, 3.63) is 53.5 Å². The van der Waals surface area contributed by atoms with Gasteiger partial charge in [0.15, 0.2) is 5.76 Å². The Balaban J connectivity index is 1.65. The van der Waals surface area contributed by atoms with Gasteiger partial charge in [-0.3, -0.25) is 4.79 Å². The van der Waals surface area contributed by atoms with Crippen molar-refractivity contribution in [3.8, 4) is 5.75 Å². The lowest BCUT2D eigenvalue weighted by Crippen LogP contribution is -2.36. The number of halogens is 1. The van der Waals surface area contributed by atoms with E-state index in [0.29, 0.717) is 11.3 Å². The molecule has 1 aliphatic heterocycles. The first-order valence-electron chi connectivity index (χ1n) is 8.98. The zero-order chi connectivity index (χ0) is 20.8. The monoisotopic (exact) mass is 418 g/mol. The van der Waals surface area contributed by atoms with E-state index in [0.717, 1.165) is 19.5 Å². The first kappa shape index (κ1) is 19.3. The van der Waals surface area contributed by atoms with Gasteiger partial charge < -0.3 is 14.1 Å². The number of anilines is 1. The summed E-state index contributed by atoms with van der Waals surface area (Å²) in [6.45, 7) is 3.38. The summed E-state index contributed by atoms with van der Waals surface area (Å²) in [6, 6.07) is 8.81. The smallest absolute Gasteiger partial charge is 0.300 e. The van der Waals surface area contributed by atoms with Crippen molar-refractivity contribution >= 4 is 32.6 Å². The number of furan rings is 1. The molecule has 0 radical (unpaired) electrons. The van der Waals surface area contributed by atoms with Gasteiger partial charge in [0.05, 0.1) is 12.5 Å². The number of aryl methyl sites for hydroxylation is 1. The number of hydrogen-bond donors (Lipinski definition) is 1. The number of benzene rings is 2. The van der Waals surface area contributed by atoms with Gasteiger partial charge >= 0.3 is 5.91 Å². The molecule has 7 nitrogen and oxygen atoms in total. The quantitative estimate of drug-likeness (QED) is 0.685. The van der Waals surface area contributed by atoms with Crippen molar-refractivity contribution in [2.75, 3.05) is 25.1 Å². The summed E-state index contributed by atoms with van der Waals surface area (Å²) in [5.41, 5.74) is 1.53. The second kappa shape index (κ2) is 7.07. The molecule has 9 heteroatoms. The SMILES string of the molecule is COc1ccc(C)cc1S(=O)(=O)NC(=O)c1cc2c(F)cc(N3CCC3)cc2o1. The molecule has 4 rings (SSSR count). The zero-order valence-electron chi connectivity index (χ0n) is 15.9. The molecule has 1 saturated heterocycles. The molecule has 0 saturated carbocycles. The van der Waals surface area contributed by atoms with Crippen LogP contribution in [0.15, 0.2) is 45.7 Å². The molecule has 0 spiro atoms. The van der Waals surface area contributed by atoms with Gasteiger partial charge in [-0.25, -0.2) is 17.5 Å². The molecule has 152 valence electrons. The molecular weight excluding hydrogens is 399 g/mol. The second-order valence-corrected chi connectivity index (χ2v) is 8.53. The maximum absolute atomic E-state index is 14.4. The average Bonchev–Trinajstić information content (AvgIpc) is 3.05. The maximum atomic E-state index is 14.4. The first-order chi connectivity index (χ1) is 13.8. The maximum Gasteiger partial charge on any atom is 0.300 e. The number of nitrogens with one attached hydrogen (secondary N) is 1. The van der Waals surface area contributed by atoms with Gasteiger partial charge in [0.2, 0.25) is 0 Å². The summed E-state index contributed by atoms with van der Waals surface area (Å²) in [5, 5.41) is 0.116. The van der Waals surface area contributed by atoms with Crippen LogP contribution in [-0.4, -0.2) is 34.5 Å². The molecule has 0 unspecified atom stereocenters. The van der Waals surface area contributed by atoms with E-state index >= 15 is 0 Å². The second-order valence-electron chi connectivity index (χ2n) is 6.88.